The van der Waals surface area contributed by atoms with Gasteiger partial charge in [-0.05, 0) is 5.56 Å². The van der Waals surface area contributed by atoms with Gasteiger partial charge in [-0.25, -0.2) is 0 Å². The number of piperazine rings is 1. The maximum Gasteiger partial charge on any atom is 0.278 e. The number of anilines is 2. The lowest BCUT2D eigenvalue weighted by molar-refractivity contribution is -0.129. The van der Waals surface area contributed by atoms with Gasteiger partial charge in [0.05, 0.1) is 18.4 Å². The molecule has 1 saturated heterocycles. The van der Waals surface area contributed by atoms with E-state index in [4.69, 9.17) is 4.52 Å². The van der Waals surface area contributed by atoms with E-state index in [0.29, 0.717) is 44.3 Å². The average molecular weight is 394 g/mol. The van der Waals surface area contributed by atoms with Crippen molar-refractivity contribution in [1.82, 2.24) is 19.8 Å². The summed E-state index contributed by atoms with van der Waals surface area (Å²) in [6, 6.07) is 11.6. The highest BCUT2D eigenvalue weighted by Crippen LogP contribution is 2.19. The van der Waals surface area contributed by atoms with Gasteiger partial charge in [-0.15, -0.1) is 0 Å². The lowest BCUT2D eigenvalue weighted by Gasteiger charge is -2.33. The largest absolute Gasteiger partial charge is 0.339 e. The minimum atomic E-state index is -0.360. The maximum absolute atomic E-state index is 12.5. The van der Waals surface area contributed by atoms with Gasteiger partial charge >= 0.3 is 0 Å². The maximum atomic E-state index is 12.5. The molecule has 0 atom stereocenters. The fourth-order valence-electron chi connectivity index (χ4n) is 3.24. The molecule has 150 valence electrons. The summed E-state index contributed by atoms with van der Waals surface area (Å²) in [7, 11) is 0. The second-order valence-electron chi connectivity index (χ2n) is 6.91. The van der Waals surface area contributed by atoms with Gasteiger partial charge in [-0.2, -0.15) is 5.10 Å². The Kier molecular flexibility index (Phi) is 5.28. The molecule has 0 unspecified atom stereocenters. The van der Waals surface area contributed by atoms with Crippen molar-refractivity contribution >= 4 is 23.4 Å². The van der Waals surface area contributed by atoms with E-state index < -0.39 is 0 Å². The first-order valence-corrected chi connectivity index (χ1v) is 9.43. The third-order valence-corrected chi connectivity index (χ3v) is 4.85. The highest BCUT2D eigenvalue weighted by atomic mass is 16.5. The number of nitrogens with one attached hydrogen (secondary N) is 1. The smallest absolute Gasteiger partial charge is 0.278 e. The Bertz CT molecular complexity index is 989. The van der Waals surface area contributed by atoms with Crippen molar-refractivity contribution < 1.29 is 14.1 Å². The first-order chi connectivity index (χ1) is 14.1. The van der Waals surface area contributed by atoms with Gasteiger partial charge in [0.1, 0.15) is 0 Å². The van der Waals surface area contributed by atoms with E-state index in [1.807, 2.05) is 35.2 Å². The summed E-state index contributed by atoms with van der Waals surface area (Å²) < 4.78 is 7.09. The molecule has 3 aromatic rings. The molecular formula is C20H22N6O3. The molecule has 1 aliphatic rings. The number of benzene rings is 1. The zero-order valence-corrected chi connectivity index (χ0v) is 16.1. The number of carbonyl (C=O) groups is 2. The topological polar surface area (TPSA) is 96.5 Å². The zero-order chi connectivity index (χ0) is 20.2. The summed E-state index contributed by atoms with van der Waals surface area (Å²) in [5, 5.41) is 10.9. The summed E-state index contributed by atoms with van der Waals surface area (Å²) in [4.78, 5) is 27.7. The van der Waals surface area contributed by atoms with E-state index in [1.165, 1.54) is 0 Å². The molecule has 4 rings (SSSR count). The standard InChI is InChI=1S/C20H22N6O3/c1-15(27)24-7-9-25(10-8-24)19-11-18(23-29-19)20(28)22-17-12-21-26(14-17)13-16-5-3-2-4-6-16/h2-6,11-12,14H,7-10,13H2,1H3,(H,22,28). The molecule has 0 bridgehead atoms. The van der Waals surface area contributed by atoms with Crippen LogP contribution in [0, 0.1) is 0 Å². The Labute approximate surface area is 167 Å². The summed E-state index contributed by atoms with van der Waals surface area (Å²) in [6.45, 7) is 4.71. The van der Waals surface area contributed by atoms with Gasteiger partial charge < -0.3 is 19.6 Å². The highest BCUT2D eigenvalue weighted by molar-refractivity contribution is 6.03. The summed E-state index contributed by atoms with van der Waals surface area (Å²) in [5.41, 5.74) is 1.91. The first-order valence-electron chi connectivity index (χ1n) is 9.43. The van der Waals surface area contributed by atoms with Gasteiger partial charge in [0, 0.05) is 45.4 Å². The lowest BCUT2D eigenvalue weighted by atomic mass is 10.2. The molecule has 0 radical (unpaired) electrons. The summed E-state index contributed by atoms with van der Waals surface area (Å²) >= 11 is 0. The van der Waals surface area contributed by atoms with Crippen molar-refractivity contribution in [1.29, 1.82) is 0 Å². The van der Waals surface area contributed by atoms with Crippen molar-refractivity contribution in [2.24, 2.45) is 0 Å². The SMILES string of the molecule is CC(=O)N1CCN(c2cc(C(=O)Nc3cnn(Cc4ccccc4)c3)no2)CC1. The minimum absolute atomic E-state index is 0.0649. The lowest BCUT2D eigenvalue weighted by Crippen LogP contribution is -2.48. The van der Waals surface area contributed by atoms with E-state index in [0.717, 1.165) is 5.56 Å². The summed E-state index contributed by atoms with van der Waals surface area (Å²) in [6.07, 6.45) is 3.37. The average Bonchev–Trinajstić information content (AvgIpc) is 3.39. The molecule has 29 heavy (non-hydrogen) atoms. The van der Waals surface area contributed by atoms with Crippen LogP contribution < -0.4 is 10.2 Å². The molecule has 2 aromatic heterocycles. The van der Waals surface area contributed by atoms with Gasteiger partial charge in [0.15, 0.2) is 5.69 Å². The Morgan fingerprint density at radius 2 is 1.90 bits per heavy atom. The monoisotopic (exact) mass is 394 g/mol. The first kappa shape index (κ1) is 18.7. The third kappa shape index (κ3) is 4.45. The fraction of sp³-hybridized carbons (Fsp3) is 0.300. The van der Waals surface area contributed by atoms with Crippen LogP contribution in [0.1, 0.15) is 23.0 Å². The molecule has 1 aromatic carbocycles. The molecule has 9 heteroatoms. The van der Waals surface area contributed by atoms with Crippen LogP contribution in [0.2, 0.25) is 0 Å². The molecule has 3 heterocycles. The quantitative estimate of drug-likeness (QED) is 0.709. The van der Waals surface area contributed by atoms with Crippen LogP contribution in [0.15, 0.2) is 53.3 Å². The molecule has 0 aliphatic carbocycles. The molecule has 0 spiro atoms. The minimum Gasteiger partial charge on any atom is -0.339 e. The molecular weight excluding hydrogens is 372 g/mol. The number of hydrogen-bond acceptors (Lipinski definition) is 6. The van der Waals surface area contributed by atoms with E-state index in [9.17, 15) is 9.59 Å². The van der Waals surface area contributed by atoms with Crippen LogP contribution >= 0.6 is 0 Å². The van der Waals surface area contributed by atoms with E-state index >= 15 is 0 Å². The third-order valence-electron chi connectivity index (χ3n) is 4.85. The second-order valence-corrected chi connectivity index (χ2v) is 6.91. The summed E-state index contributed by atoms with van der Waals surface area (Å²) in [5.74, 6) is 0.231. The number of nitrogens with zero attached hydrogens (tertiary/aromatic N) is 5. The molecule has 0 saturated carbocycles. The van der Waals surface area contributed by atoms with Gasteiger partial charge in [-0.1, -0.05) is 35.5 Å². The van der Waals surface area contributed by atoms with Crippen LogP contribution in [0.3, 0.4) is 0 Å². The van der Waals surface area contributed by atoms with Crippen molar-refractivity contribution in [3.8, 4) is 0 Å². The molecule has 2 amide bonds. The van der Waals surface area contributed by atoms with Crippen LogP contribution in [-0.2, 0) is 11.3 Å². The highest BCUT2D eigenvalue weighted by Gasteiger charge is 2.23. The van der Waals surface area contributed by atoms with Gasteiger partial charge in [-0.3, -0.25) is 14.3 Å². The van der Waals surface area contributed by atoms with Crippen LogP contribution in [0.4, 0.5) is 11.6 Å². The van der Waals surface area contributed by atoms with Gasteiger partial charge in [0.25, 0.3) is 5.91 Å². The van der Waals surface area contributed by atoms with Crippen LogP contribution in [-0.4, -0.2) is 57.8 Å². The Morgan fingerprint density at radius 1 is 1.14 bits per heavy atom. The number of rotatable bonds is 5. The number of amides is 2. The van der Waals surface area contributed by atoms with Crippen LogP contribution in [0.5, 0.6) is 0 Å². The van der Waals surface area contributed by atoms with Crippen molar-refractivity contribution in [3.05, 3.63) is 60.0 Å². The predicted octanol–water partition coefficient (Wildman–Crippen LogP) is 1.84. The Balaban J connectivity index is 1.34. The predicted molar refractivity (Wildman–Crippen MR) is 107 cm³/mol. The Morgan fingerprint density at radius 3 is 2.62 bits per heavy atom. The number of carbonyl (C=O) groups excluding carboxylic acids is 2. The van der Waals surface area contributed by atoms with Crippen LogP contribution in [0.25, 0.3) is 0 Å². The van der Waals surface area contributed by atoms with Crippen molar-refractivity contribution in [3.63, 3.8) is 0 Å². The number of hydrogen-bond donors (Lipinski definition) is 1. The zero-order valence-electron chi connectivity index (χ0n) is 16.1. The van der Waals surface area contributed by atoms with Gasteiger partial charge in [0.2, 0.25) is 11.8 Å². The second kappa shape index (κ2) is 8.17. The fourth-order valence-corrected chi connectivity index (χ4v) is 3.24. The number of aromatic nitrogens is 3. The van der Waals surface area contributed by atoms with E-state index in [-0.39, 0.29) is 17.5 Å². The Hall–Kier alpha value is -3.62. The normalized spacial score (nSPS) is 14.1. The molecule has 9 nitrogen and oxygen atoms in total. The van der Waals surface area contributed by atoms with E-state index in [1.54, 1.807) is 35.0 Å². The van der Waals surface area contributed by atoms with Crippen molar-refractivity contribution in [2.45, 2.75) is 13.5 Å². The molecule has 1 N–H and O–H groups in total. The molecule has 1 fully saturated rings. The molecule has 1 aliphatic heterocycles. The van der Waals surface area contributed by atoms with Crippen molar-refractivity contribution in [2.75, 3.05) is 36.4 Å². The van der Waals surface area contributed by atoms with E-state index in [2.05, 4.69) is 15.6 Å².